The van der Waals surface area contributed by atoms with Crippen LogP contribution in [0.25, 0.3) is 0 Å². The van der Waals surface area contributed by atoms with Gasteiger partial charge >= 0.3 is 5.97 Å². The van der Waals surface area contributed by atoms with Crippen LogP contribution in [0.3, 0.4) is 0 Å². The second-order valence-electron chi connectivity index (χ2n) is 3.62. The van der Waals surface area contributed by atoms with Gasteiger partial charge in [0.25, 0.3) is 5.91 Å². The molecule has 16 heavy (non-hydrogen) atoms. The van der Waals surface area contributed by atoms with Gasteiger partial charge in [0.15, 0.2) is 0 Å². The maximum absolute atomic E-state index is 11.7. The summed E-state index contributed by atoms with van der Waals surface area (Å²) in [6.45, 7) is 3.72. The Balaban J connectivity index is 2.69. The molecule has 0 unspecified atom stereocenters. The lowest BCUT2D eigenvalue weighted by atomic mass is 10.1. The SMILES string of the molecule is CCC[C@H](NC(=O)c1cscc1C)C(=O)O. The first kappa shape index (κ1) is 12.7. The van der Waals surface area contributed by atoms with E-state index in [1.165, 1.54) is 11.3 Å². The predicted molar refractivity (Wildman–Crippen MR) is 62.9 cm³/mol. The lowest BCUT2D eigenvalue weighted by molar-refractivity contribution is -0.139. The highest BCUT2D eigenvalue weighted by Crippen LogP contribution is 2.13. The normalized spacial score (nSPS) is 12.1. The number of carboxylic acids is 1. The summed E-state index contributed by atoms with van der Waals surface area (Å²) < 4.78 is 0. The van der Waals surface area contributed by atoms with E-state index in [2.05, 4.69) is 5.32 Å². The molecule has 0 fully saturated rings. The maximum atomic E-state index is 11.7. The van der Waals surface area contributed by atoms with Gasteiger partial charge < -0.3 is 10.4 Å². The molecule has 0 aliphatic carbocycles. The number of aryl methyl sites for hydroxylation is 1. The van der Waals surface area contributed by atoms with Crippen molar-refractivity contribution in [1.82, 2.24) is 5.32 Å². The van der Waals surface area contributed by atoms with E-state index in [1.807, 2.05) is 19.2 Å². The Morgan fingerprint density at radius 3 is 2.62 bits per heavy atom. The number of carboxylic acid groups (broad SMARTS) is 1. The summed E-state index contributed by atoms with van der Waals surface area (Å²) in [7, 11) is 0. The first-order valence-corrected chi connectivity index (χ1v) is 6.07. The van der Waals surface area contributed by atoms with Crippen molar-refractivity contribution in [2.24, 2.45) is 0 Å². The first-order chi connectivity index (χ1) is 7.56. The van der Waals surface area contributed by atoms with Crippen LogP contribution in [0, 0.1) is 6.92 Å². The van der Waals surface area contributed by atoms with Crippen LogP contribution in [0.2, 0.25) is 0 Å². The van der Waals surface area contributed by atoms with E-state index in [9.17, 15) is 9.59 Å². The third kappa shape index (κ3) is 3.06. The maximum Gasteiger partial charge on any atom is 0.326 e. The zero-order chi connectivity index (χ0) is 12.1. The largest absolute Gasteiger partial charge is 0.480 e. The summed E-state index contributed by atoms with van der Waals surface area (Å²) in [4.78, 5) is 22.6. The van der Waals surface area contributed by atoms with Crippen molar-refractivity contribution >= 4 is 23.2 Å². The predicted octanol–water partition coefficient (Wildman–Crippen LogP) is 2.04. The molecule has 4 nitrogen and oxygen atoms in total. The standard InChI is InChI=1S/C11H15NO3S/c1-3-4-9(11(14)15)12-10(13)8-6-16-5-7(8)2/h5-6,9H,3-4H2,1-2H3,(H,12,13)(H,14,15)/t9-/m0/s1. The Labute approximate surface area is 98.3 Å². The van der Waals surface area contributed by atoms with Crippen molar-refractivity contribution in [2.75, 3.05) is 0 Å². The molecular weight excluding hydrogens is 226 g/mol. The third-order valence-electron chi connectivity index (χ3n) is 2.28. The molecule has 0 aromatic carbocycles. The van der Waals surface area contributed by atoms with E-state index in [-0.39, 0.29) is 5.91 Å². The number of thiophene rings is 1. The number of amides is 1. The van der Waals surface area contributed by atoms with E-state index >= 15 is 0 Å². The van der Waals surface area contributed by atoms with Gasteiger partial charge in [0, 0.05) is 5.38 Å². The molecule has 0 bridgehead atoms. The summed E-state index contributed by atoms with van der Waals surface area (Å²) in [6, 6.07) is -0.795. The zero-order valence-electron chi connectivity index (χ0n) is 9.32. The van der Waals surface area contributed by atoms with Crippen LogP contribution < -0.4 is 5.32 Å². The highest BCUT2D eigenvalue weighted by Gasteiger charge is 2.20. The molecule has 5 heteroatoms. The molecule has 88 valence electrons. The molecule has 1 heterocycles. The second kappa shape index (κ2) is 5.65. The van der Waals surface area contributed by atoms with Crippen molar-refractivity contribution in [1.29, 1.82) is 0 Å². The summed E-state index contributed by atoms with van der Waals surface area (Å²) in [6.07, 6.45) is 1.17. The Morgan fingerprint density at radius 2 is 2.19 bits per heavy atom. The fraction of sp³-hybridized carbons (Fsp3) is 0.455. The highest BCUT2D eigenvalue weighted by molar-refractivity contribution is 7.08. The van der Waals surface area contributed by atoms with Crippen molar-refractivity contribution in [2.45, 2.75) is 32.7 Å². The van der Waals surface area contributed by atoms with Crippen LogP contribution in [0.1, 0.15) is 35.7 Å². The summed E-state index contributed by atoms with van der Waals surface area (Å²) in [5, 5.41) is 15.0. The monoisotopic (exact) mass is 241 g/mol. The fourth-order valence-corrected chi connectivity index (χ4v) is 2.20. The van der Waals surface area contributed by atoms with Gasteiger partial charge in [0.1, 0.15) is 6.04 Å². The fourth-order valence-electron chi connectivity index (χ4n) is 1.38. The third-order valence-corrected chi connectivity index (χ3v) is 3.14. The molecule has 1 amide bonds. The minimum atomic E-state index is -0.983. The quantitative estimate of drug-likeness (QED) is 0.829. The van der Waals surface area contributed by atoms with Gasteiger partial charge in [-0.15, -0.1) is 0 Å². The summed E-state index contributed by atoms with van der Waals surface area (Å²) in [5.74, 6) is -1.29. The first-order valence-electron chi connectivity index (χ1n) is 5.12. The molecule has 1 aromatic rings. The average Bonchev–Trinajstić information content (AvgIpc) is 2.63. The van der Waals surface area contributed by atoms with E-state index in [1.54, 1.807) is 5.38 Å². The number of nitrogens with one attached hydrogen (secondary N) is 1. The van der Waals surface area contributed by atoms with Gasteiger partial charge in [-0.2, -0.15) is 11.3 Å². The molecule has 0 radical (unpaired) electrons. The number of rotatable bonds is 5. The topological polar surface area (TPSA) is 66.4 Å². The Hall–Kier alpha value is -1.36. The Bertz CT molecular complexity index is 386. The van der Waals surface area contributed by atoms with Crippen molar-refractivity contribution in [3.63, 3.8) is 0 Å². The molecule has 0 aliphatic rings. The van der Waals surface area contributed by atoms with E-state index < -0.39 is 12.0 Å². The van der Waals surface area contributed by atoms with Gasteiger partial charge in [-0.3, -0.25) is 4.79 Å². The molecule has 0 saturated carbocycles. The minimum Gasteiger partial charge on any atom is -0.480 e. The highest BCUT2D eigenvalue weighted by atomic mass is 32.1. The number of carbonyl (C=O) groups excluding carboxylic acids is 1. The molecule has 1 atom stereocenters. The Kier molecular flexibility index (Phi) is 4.49. The summed E-state index contributed by atoms with van der Waals surface area (Å²) in [5.41, 5.74) is 1.44. The van der Waals surface area contributed by atoms with Gasteiger partial charge in [0.2, 0.25) is 0 Å². The van der Waals surface area contributed by atoms with Crippen LogP contribution in [0.5, 0.6) is 0 Å². The summed E-state index contributed by atoms with van der Waals surface area (Å²) >= 11 is 1.44. The van der Waals surface area contributed by atoms with E-state index in [0.717, 1.165) is 12.0 Å². The number of carbonyl (C=O) groups is 2. The van der Waals surface area contributed by atoms with Gasteiger partial charge in [-0.05, 0) is 24.3 Å². The van der Waals surface area contributed by atoms with Crippen molar-refractivity contribution < 1.29 is 14.7 Å². The lowest BCUT2D eigenvalue weighted by Gasteiger charge is -2.13. The molecule has 0 saturated heterocycles. The molecule has 1 rings (SSSR count). The molecule has 0 aliphatic heterocycles. The van der Waals surface area contributed by atoms with E-state index in [0.29, 0.717) is 12.0 Å². The second-order valence-corrected chi connectivity index (χ2v) is 4.37. The number of hydrogen-bond acceptors (Lipinski definition) is 3. The van der Waals surface area contributed by atoms with Crippen LogP contribution in [-0.4, -0.2) is 23.0 Å². The van der Waals surface area contributed by atoms with Crippen molar-refractivity contribution in [3.8, 4) is 0 Å². The number of aliphatic carboxylic acids is 1. The average molecular weight is 241 g/mol. The molecular formula is C11H15NO3S. The van der Waals surface area contributed by atoms with Crippen LogP contribution in [0.4, 0.5) is 0 Å². The van der Waals surface area contributed by atoms with Crippen LogP contribution in [0.15, 0.2) is 10.8 Å². The van der Waals surface area contributed by atoms with Gasteiger partial charge in [0.05, 0.1) is 5.56 Å². The smallest absolute Gasteiger partial charge is 0.326 e. The van der Waals surface area contributed by atoms with Crippen molar-refractivity contribution in [3.05, 3.63) is 21.9 Å². The Morgan fingerprint density at radius 1 is 1.50 bits per heavy atom. The van der Waals surface area contributed by atoms with Crippen LogP contribution >= 0.6 is 11.3 Å². The number of hydrogen-bond donors (Lipinski definition) is 2. The van der Waals surface area contributed by atoms with Crippen LogP contribution in [-0.2, 0) is 4.79 Å². The molecule has 2 N–H and O–H groups in total. The minimum absolute atomic E-state index is 0.306. The zero-order valence-corrected chi connectivity index (χ0v) is 10.1. The van der Waals surface area contributed by atoms with E-state index in [4.69, 9.17) is 5.11 Å². The lowest BCUT2D eigenvalue weighted by Crippen LogP contribution is -2.40. The molecule has 1 aromatic heterocycles. The van der Waals surface area contributed by atoms with Gasteiger partial charge in [-0.1, -0.05) is 13.3 Å². The van der Waals surface area contributed by atoms with Gasteiger partial charge in [-0.25, -0.2) is 4.79 Å². The molecule has 0 spiro atoms.